The van der Waals surface area contributed by atoms with Gasteiger partial charge in [0.2, 0.25) is 10.0 Å². The van der Waals surface area contributed by atoms with Gasteiger partial charge in [-0.2, -0.15) is 4.31 Å². The van der Waals surface area contributed by atoms with E-state index in [2.05, 4.69) is 5.32 Å². The molecule has 5 nitrogen and oxygen atoms in total. The minimum atomic E-state index is -3.53. The number of benzene rings is 2. The van der Waals surface area contributed by atoms with Gasteiger partial charge in [0.25, 0.3) is 5.91 Å². The van der Waals surface area contributed by atoms with Gasteiger partial charge in [-0.25, -0.2) is 8.42 Å². The summed E-state index contributed by atoms with van der Waals surface area (Å²) in [6.07, 6.45) is 1.76. The molecule has 1 amide bonds. The van der Waals surface area contributed by atoms with Gasteiger partial charge in [0.05, 0.1) is 4.90 Å². The first kappa shape index (κ1) is 17.6. The number of carbonyl (C=O) groups is 1. The Bertz CT molecular complexity index is 880. The summed E-state index contributed by atoms with van der Waals surface area (Å²) < 4.78 is 26.8. The fourth-order valence-corrected chi connectivity index (χ4v) is 4.64. The predicted molar refractivity (Wildman–Crippen MR) is 98.3 cm³/mol. The Morgan fingerprint density at radius 3 is 2.24 bits per heavy atom. The summed E-state index contributed by atoms with van der Waals surface area (Å²) in [5.41, 5.74) is 3.03. The third kappa shape index (κ3) is 3.60. The smallest absolute Gasteiger partial charge is 0.255 e. The van der Waals surface area contributed by atoms with Crippen LogP contribution in [0.15, 0.2) is 47.4 Å². The number of aryl methyl sites for hydroxylation is 2. The molecule has 0 saturated carbocycles. The van der Waals surface area contributed by atoms with Gasteiger partial charge in [-0.05, 0) is 56.0 Å². The van der Waals surface area contributed by atoms with Crippen LogP contribution >= 0.6 is 0 Å². The zero-order chi connectivity index (χ0) is 18.0. The maximum Gasteiger partial charge on any atom is 0.255 e. The highest BCUT2D eigenvalue weighted by molar-refractivity contribution is 7.89. The Hall–Kier alpha value is -2.18. The first-order valence-electron chi connectivity index (χ1n) is 8.37. The summed E-state index contributed by atoms with van der Waals surface area (Å²) in [4.78, 5) is 12.8. The van der Waals surface area contributed by atoms with E-state index in [4.69, 9.17) is 0 Å². The minimum absolute atomic E-state index is 0.170. The number of sulfonamides is 1. The highest BCUT2D eigenvalue weighted by atomic mass is 32.2. The Labute approximate surface area is 148 Å². The highest BCUT2D eigenvalue weighted by Crippen LogP contribution is 2.23. The highest BCUT2D eigenvalue weighted by Gasteiger charge is 2.27. The third-order valence-corrected chi connectivity index (χ3v) is 6.41. The fraction of sp³-hybridized carbons (Fsp3) is 0.316. The van der Waals surface area contributed by atoms with Crippen LogP contribution < -0.4 is 5.32 Å². The van der Waals surface area contributed by atoms with E-state index in [9.17, 15) is 13.2 Å². The van der Waals surface area contributed by atoms with Crippen LogP contribution in [0.3, 0.4) is 0 Å². The number of para-hydroxylation sites is 1. The van der Waals surface area contributed by atoms with Gasteiger partial charge in [-0.15, -0.1) is 0 Å². The van der Waals surface area contributed by atoms with Crippen LogP contribution in [-0.2, 0) is 10.0 Å². The topological polar surface area (TPSA) is 66.5 Å². The molecule has 1 aliphatic rings. The zero-order valence-electron chi connectivity index (χ0n) is 14.5. The second kappa shape index (κ2) is 6.98. The molecule has 6 heteroatoms. The maximum absolute atomic E-state index is 12.7. The van der Waals surface area contributed by atoms with Crippen molar-refractivity contribution in [3.63, 3.8) is 0 Å². The molecule has 3 rings (SSSR count). The summed E-state index contributed by atoms with van der Waals surface area (Å²) >= 11 is 0. The molecular formula is C19H22N2O3S. The van der Waals surface area contributed by atoms with E-state index < -0.39 is 10.0 Å². The third-order valence-electron chi connectivity index (χ3n) is 4.52. The number of hydrogen-bond donors (Lipinski definition) is 1. The van der Waals surface area contributed by atoms with Crippen LogP contribution in [0.5, 0.6) is 0 Å². The molecule has 1 N–H and O–H groups in total. The molecule has 0 unspecified atom stereocenters. The number of nitrogens with one attached hydrogen (secondary N) is 1. The standard InChI is InChI=1S/C19H22N2O3S/c1-14-7-5-8-15(2)18(14)20-19(22)16-9-6-10-17(13-16)25(23,24)21-11-3-4-12-21/h5-10,13H,3-4,11-12H2,1-2H3,(H,20,22). The number of nitrogens with zero attached hydrogens (tertiary/aromatic N) is 1. The van der Waals surface area contributed by atoms with Crippen molar-refractivity contribution in [3.05, 3.63) is 59.2 Å². The molecule has 0 bridgehead atoms. The van der Waals surface area contributed by atoms with Crippen molar-refractivity contribution in [3.8, 4) is 0 Å². The van der Waals surface area contributed by atoms with Gasteiger partial charge < -0.3 is 5.32 Å². The Morgan fingerprint density at radius 1 is 1.00 bits per heavy atom. The lowest BCUT2D eigenvalue weighted by molar-refractivity contribution is 0.102. The zero-order valence-corrected chi connectivity index (χ0v) is 15.3. The van der Waals surface area contributed by atoms with Gasteiger partial charge >= 0.3 is 0 Å². The van der Waals surface area contributed by atoms with E-state index in [-0.39, 0.29) is 10.8 Å². The molecule has 0 radical (unpaired) electrons. The van der Waals surface area contributed by atoms with Crippen molar-refractivity contribution in [2.45, 2.75) is 31.6 Å². The average Bonchev–Trinajstić information content (AvgIpc) is 3.14. The summed E-state index contributed by atoms with van der Waals surface area (Å²) in [5, 5.41) is 2.90. The van der Waals surface area contributed by atoms with E-state index >= 15 is 0 Å². The summed E-state index contributed by atoms with van der Waals surface area (Å²) in [6.45, 7) is 4.94. The normalized spacial score (nSPS) is 15.3. The van der Waals surface area contributed by atoms with E-state index in [0.29, 0.717) is 18.7 Å². The van der Waals surface area contributed by atoms with Crippen molar-refractivity contribution in [1.29, 1.82) is 0 Å². The van der Waals surface area contributed by atoms with Gasteiger partial charge in [-0.3, -0.25) is 4.79 Å². The summed E-state index contributed by atoms with van der Waals surface area (Å²) in [5.74, 6) is -0.309. The molecule has 1 aliphatic heterocycles. The van der Waals surface area contributed by atoms with Crippen LogP contribution in [0.2, 0.25) is 0 Å². The monoisotopic (exact) mass is 358 g/mol. The molecule has 132 valence electrons. The molecule has 1 fully saturated rings. The number of rotatable bonds is 4. The molecule has 1 heterocycles. The number of amides is 1. The lowest BCUT2D eigenvalue weighted by Crippen LogP contribution is -2.28. The van der Waals surface area contributed by atoms with Crippen molar-refractivity contribution in [2.24, 2.45) is 0 Å². The van der Waals surface area contributed by atoms with Crippen molar-refractivity contribution in [1.82, 2.24) is 4.31 Å². The first-order valence-corrected chi connectivity index (χ1v) is 9.81. The van der Waals surface area contributed by atoms with Gasteiger partial charge in [0, 0.05) is 24.3 Å². The number of hydrogen-bond acceptors (Lipinski definition) is 3. The average molecular weight is 358 g/mol. The number of carbonyl (C=O) groups excluding carboxylic acids is 1. The molecule has 2 aromatic carbocycles. The molecule has 0 aliphatic carbocycles. The van der Waals surface area contributed by atoms with Crippen LogP contribution in [0.25, 0.3) is 0 Å². The second-order valence-corrected chi connectivity index (χ2v) is 8.30. The largest absolute Gasteiger partial charge is 0.322 e. The van der Waals surface area contributed by atoms with Crippen molar-refractivity contribution < 1.29 is 13.2 Å². The predicted octanol–water partition coefficient (Wildman–Crippen LogP) is 3.34. The molecule has 25 heavy (non-hydrogen) atoms. The SMILES string of the molecule is Cc1cccc(C)c1NC(=O)c1cccc(S(=O)(=O)N2CCCC2)c1. The van der Waals surface area contributed by atoms with Gasteiger partial charge in [-0.1, -0.05) is 24.3 Å². The van der Waals surface area contributed by atoms with E-state index in [1.807, 2.05) is 32.0 Å². The van der Waals surface area contributed by atoms with Crippen LogP contribution in [0.1, 0.15) is 34.3 Å². The quantitative estimate of drug-likeness (QED) is 0.911. The lowest BCUT2D eigenvalue weighted by Gasteiger charge is -2.16. The molecule has 1 saturated heterocycles. The molecule has 0 spiro atoms. The van der Waals surface area contributed by atoms with Crippen LogP contribution in [-0.4, -0.2) is 31.7 Å². The summed E-state index contributed by atoms with van der Waals surface area (Å²) in [7, 11) is -3.53. The molecule has 2 aromatic rings. The molecular weight excluding hydrogens is 336 g/mol. The minimum Gasteiger partial charge on any atom is -0.322 e. The summed E-state index contributed by atoms with van der Waals surface area (Å²) in [6, 6.07) is 12.0. The van der Waals surface area contributed by atoms with E-state index in [0.717, 1.165) is 29.7 Å². The maximum atomic E-state index is 12.7. The van der Waals surface area contributed by atoms with Gasteiger partial charge in [0.1, 0.15) is 0 Å². The fourth-order valence-electron chi connectivity index (χ4n) is 3.07. The first-order chi connectivity index (χ1) is 11.9. The lowest BCUT2D eigenvalue weighted by atomic mass is 10.1. The van der Waals surface area contributed by atoms with Crippen molar-refractivity contribution >= 4 is 21.6 Å². The second-order valence-electron chi connectivity index (χ2n) is 6.36. The molecule has 0 atom stereocenters. The number of anilines is 1. The van der Waals surface area contributed by atoms with Crippen LogP contribution in [0.4, 0.5) is 5.69 Å². The van der Waals surface area contributed by atoms with Crippen LogP contribution in [0, 0.1) is 13.8 Å². The molecule has 0 aromatic heterocycles. The Morgan fingerprint density at radius 2 is 1.60 bits per heavy atom. The van der Waals surface area contributed by atoms with E-state index in [1.165, 1.54) is 10.4 Å². The Balaban J connectivity index is 1.87. The van der Waals surface area contributed by atoms with Crippen molar-refractivity contribution in [2.75, 3.05) is 18.4 Å². The Kier molecular flexibility index (Phi) is 4.92. The van der Waals surface area contributed by atoms with E-state index in [1.54, 1.807) is 18.2 Å². The van der Waals surface area contributed by atoms with Gasteiger partial charge in [0.15, 0.2) is 0 Å².